The summed E-state index contributed by atoms with van der Waals surface area (Å²) >= 11 is 1.44. The van der Waals surface area contributed by atoms with Crippen LogP contribution in [0.25, 0.3) is 0 Å². The predicted molar refractivity (Wildman–Crippen MR) is 109 cm³/mol. The Morgan fingerprint density at radius 1 is 1.30 bits per heavy atom. The molecule has 1 aliphatic rings. The Morgan fingerprint density at radius 2 is 2.11 bits per heavy atom. The molecule has 1 aliphatic heterocycles. The molecule has 1 fully saturated rings. The summed E-state index contributed by atoms with van der Waals surface area (Å²) in [5, 5.41) is 4.85. The second-order valence-corrected chi connectivity index (χ2v) is 7.58. The van der Waals surface area contributed by atoms with Crippen LogP contribution < -0.4 is 10.2 Å². The van der Waals surface area contributed by atoms with E-state index in [9.17, 15) is 9.59 Å². The number of aromatic nitrogens is 1. The number of piperidine rings is 1. The van der Waals surface area contributed by atoms with Crippen LogP contribution in [0.15, 0.2) is 35.8 Å². The highest BCUT2D eigenvalue weighted by molar-refractivity contribution is 7.12. The van der Waals surface area contributed by atoms with E-state index in [-0.39, 0.29) is 17.7 Å². The van der Waals surface area contributed by atoms with E-state index >= 15 is 0 Å². The van der Waals surface area contributed by atoms with Crippen LogP contribution in [-0.2, 0) is 4.79 Å². The van der Waals surface area contributed by atoms with E-state index in [2.05, 4.69) is 29.0 Å². The minimum Gasteiger partial charge on any atom is -0.357 e. The molecule has 1 saturated heterocycles. The van der Waals surface area contributed by atoms with E-state index in [0.717, 1.165) is 36.6 Å². The van der Waals surface area contributed by atoms with Crippen molar-refractivity contribution < 1.29 is 9.59 Å². The lowest BCUT2D eigenvalue weighted by atomic mass is 9.97. The van der Waals surface area contributed by atoms with Gasteiger partial charge in [-0.15, -0.1) is 11.3 Å². The molecule has 3 heterocycles. The number of amides is 2. The molecule has 2 amide bonds. The Labute approximate surface area is 164 Å². The second kappa shape index (κ2) is 8.99. The Bertz CT molecular complexity index is 757. The average molecular weight is 387 g/mol. The highest BCUT2D eigenvalue weighted by atomic mass is 32.1. The zero-order valence-electron chi connectivity index (χ0n) is 15.9. The van der Waals surface area contributed by atoms with Gasteiger partial charge in [-0.1, -0.05) is 6.07 Å². The third-order valence-corrected chi connectivity index (χ3v) is 5.77. The molecule has 144 valence electrons. The number of nitrogens with zero attached hydrogens (tertiary/aromatic N) is 3. The van der Waals surface area contributed by atoms with E-state index in [1.54, 1.807) is 11.1 Å². The van der Waals surface area contributed by atoms with E-state index in [4.69, 9.17) is 0 Å². The van der Waals surface area contributed by atoms with Crippen molar-refractivity contribution in [1.29, 1.82) is 0 Å². The maximum atomic E-state index is 12.7. The van der Waals surface area contributed by atoms with Crippen LogP contribution in [0.2, 0.25) is 0 Å². The second-order valence-electron chi connectivity index (χ2n) is 6.63. The quantitative estimate of drug-likeness (QED) is 0.825. The fourth-order valence-electron chi connectivity index (χ4n) is 3.37. The molecule has 0 aromatic carbocycles. The lowest BCUT2D eigenvalue weighted by Gasteiger charge is -2.31. The number of thiophene rings is 1. The first-order valence-corrected chi connectivity index (χ1v) is 10.3. The molecule has 0 unspecified atom stereocenters. The van der Waals surface area contributed by atoms with Crippen molar-refractivity contribution in [3.05, 3.63) is 40.7 Å². The number of carbonyl (C=O) groups excluding carboxylic acids is 2. The van der Waals surface area contributed by atoms with E-state index in [1.165, 1.54) is 11.3 Å². The van der Waals surface area contributed by atoms with E-state index < -0.39 is 0 Å². The maximum absolute atomic E-state index is 12.7. The topological polar surface area (TPSA) is 65.5 Å². The largest absolute Gasteiger partial charge is 0.357 e. The van der Waals surface area contributed by atoms with Gasteiger partial charge in [0, 0.05) is 26.2 Å². The van der Waals surface area contributed by atoms with Crippen LogP contribution in [-0.4, -0.2) is 47.9 Å². The van der Waals surface area contributed by atoms with Crippen molar-refractivity contribution in [3.8, 4) is 0 Å². The third kappa shape index (κ3) is 4.66. The van der Waals surface area contributed by atoms with Gasteiger partial charge in [0.05, 0.1) is 22.7 Å². The van der Waals surface area contributed by atoms with Gasteiger partial charge in [-0.25, -0.2) is 4.98 Å². The van der Waals surface area contributed by atoms with Gasteiger partial charge in [-0.2, -0.15) is 0 Å². The average Bonchev–Trinajstić information content (AvgIpc) is 3.24. The lowest BCUT2D eigenvalue weighted by molar-refractivity contribution is -0.121. The molecule has 0 saturated carbocycles. The van der Waals surface area contributed by atoms with Crippen molar-refractivity contribution in [2.24, 2.45) is 5.92 Å². The summed E-state index contributed by atoms with van der Waals surface area (Å²) in [6.45, 7) is 7.14. The molecule has 0 aliphatic carbocycles. The molecule has 3 rings (SSSR count). The molecule has 2 aromatic rings. The fraction of sp³-hybridized carbons (Fsp3) is 0.450. The van der Waals surface area contributed by atoms with Crippen molar-refractivity contribution in [1.82, 2.24) is 9.88 Å². The normalized spacial score (nSPS) is 16.8. The van der Waals surface area contributed by atoms with Crippen LogP contribution in [0.5, 0.6) is 0 Å². The fourth-order valence-corrected chi connectivity index (χ4v) is 4.06. The van der Waals surface area contributed by atoms with Gasteiger partial charge in [0.2, 0.25) is 5.91 Å². The molecule has 0 spiro atoms. The number of rotatable bonds is 6. The van der Waals surface area contributed by atoms with Crippen LogP contribution >= 0.6 is 11.3 Å². The van der Waals surface area contributed by atoms with E-state index in [1.807, 2.05) is 29.6 Å². The molecule has 0 bridgehead atoms. The van der Waals surface area contributed by atoms with Crippen molar-refractivity contribution in [2.45, 2.75) is 26.7 Å². The number of likely N-dealkylation sites (tertiary alicyclic amines) is 1. The number of hydrogen-bond acceptors (Lipinski definition) is 5. The van der Waals surface area contributed by atoms with Crippen LogP contribution in [0.1, 0.15) is 36.4 Å². The predicted octanol–water partition coefficient (Wildman–Crippen LogP) is 3.48. The standard InChI is InChI=1S/C20H26N4O2S/c1-3-23(4-2)18-10-9-16(13-21-18)22-19(25)15-7-5-11-24(14-15)20(26)17-8-6-12-27-17/h6,8-10,12-13,15H,3-5,7,11,14H2,1-2H3,(H,22,25)/t15-/m0/s1. The number of carbonyl (C=O) groups is 2. The molecule has 2 aromatic heterocycles. The summed E-state index contributed by atoms with van der Waals surface area (Å²) in [6, 6.07) is 7.52. The Morgan fingerprint density at radius 3 is 2.74 bits per heavy atom. The maximum Gasteiger partial charge on any atom is 0.263 e. The van der Waals surface area contributed by atoms with Crippen molar-refractivity contribution >= 4 is 34.7 Å². The highest BCUT2D eigenvalue weighted by Crippen LogP contribution is 2.22. The smallest absolute Gasteiger partial charge is 0.263 e. The van der Waals surface area contributed by atoms with Gasteiger partial charge < -0.3 is 15.1 Å². The summed E-state index contributed by atoms with van der Waals surface area (Å²) in [7, 11) is 0. The lowest BCUT2D eigenvalue weighted by Crippen LogP contribution is -2.43. The summed E-state index contributed by atoms with van der Waals surface area (Å²) < 4.78 is 0. The van der Waals surface area contributed by atoms with Crippen LogP contribution in [0.3, 0.4) is 0 Å². The minimum atomic E-state index is -0.190. The van der Waals surface area contributed by atoms with Crippen molar-refractivity contribution in [3.63, 3.8) is 0 Å². The molecule has 7 heteroatoms. The molecule has 27 heavy (non-hydrogen) atoms. The summed E-state index contributed by atoms with van der Waals surface area (Å²) in [5.41, 5.74) is 0.692. The first kappa shape index (κ1) is 19.4. The first-order chi connectivity index (χ1) is 13.1. The summed E-state index contributed by atoms with van der Waals surface area (Å²) in [4.78, 5) is 34.3. The number of nitrogens with one attached hydrogen (secondary N) is 1. The SMILES string of the molecule is CCN(CC)c1ccc(NC(=O)[C@H]2CCCN(C(=O)c3cccs3)C2)cn1. The Hall–Kier alpha value is -2.41. The van der Waals surface area contributed by atoms with Gasteiger partial charge in [-0.3, -0.25) is 9.59 Å². The summed E-state index contributed by atoms with van der Waals surface area (Å²) in [6.07, 6.45) is 3.34. The zero-order chi connectivity index (χ0) is 19.2. The number of anilines is 2. The molecular weight excluding hydrogens is 360 g/mol. The van der Waals surface area contributed by atoms with Gasteiger partial charge >= 0.3 is 0 Å². The molecule has 1 N–H and O–H groups in total. The minimum absolute atomic E-state index is 0.0211. The van der Waals surface area contributed by atoms with Crippen molar-refractivity contribution in [2.75, 3.05) is 36.4 Å². The Balaban J connectivity index is 1.59. The van der Waals surface area contributed by atoms with Gasteiger partial charge in [0.15, 0.2) is 0 Å². The molecule has 6 nitrogen and oxygen atoms in total. The third-order valence-electron chi connectivity index (χ3n) is 4.91. The van der Waals surface area contributed by atoms with Gasteiger partial charge in [-0.05, 0) is 50.3 Å². The zero-order valence-corrected chi connectivity index (χ0v) is 16.7. The number of pyridine rings is 1. The van der Waals surface area contributed by atoms with Gasteiger partial charge in [0.1, 0.15) is 5.82 Å². The molecule has 0 radical (unpaired) electrons. The molecular formula is C20H26N4O2S. The summed E-state index contributed by atoms with van der Waals surface area (Å²) in [5.74, 6) is 0.692. The first-order valence-electron chi connectivity index (χ1n) is 9.47. The Kier molecular flexibility index (Phi) is 6.45. The van der Waals surface area contributed by atoms with Crippen LogP contribution in [0, 0.1) is 5.92 Å². The van der Waals surface area contributed by atoms with E-state index in [0.29, 0.717) is 18.8 Å². The highest BCUT2D eigenvalue weighted by Gasteiger charge is 2.29. The molecule has 1 atom stereocenters. The van der Waals surface area contributed by atoms with Gasteiger partial charge in [0.25, 0.3) is 5.91 Å². The van der Waals surface area contributed by atoms with Crippen LogP contribution in [0.4, 0.5) is 11.5 Å². The monoisotopic (exact) mass is 386 g/mol. The number of hydrogen-bond donors (Lipinski definition) is 1.